The first kappa shape index (κ1) is 13.7. The second-order valence-corrected chi connectivity index (χ2v) is 6.69. The molecule has 0 bridgehead atoms. The Morgan fingerprint density at radius 1 is 1.30 bits per heavy atom. The van der Waals surface area contributed by atoms with E-state index < -0.39 is 0 Å². The van der Waals surface area contributed by atoms with Crippen molar-refractivity contribution in [3.63, 3.8) is 0 Å². The van der Waals surface area contributed by atoms with Gasteiger partial charge in [0.15, 0.2) is 5.82 Å². The van der Waals surface area contributed by atoms with Crippen LogP contribution >= 0.6 is 0 Å². The molecule has 112 valence electrons. The van der Waals surface area contributed by atoms with Gasteiger partial charge < -0.3 is 10.6 Å². The summed E-state index contributed by atoms with van der Waals surface area (Å²) in [5, 5.41) is 4.64. The van der Waals surface area contributed by atoms with Crippen LogP contribution in [0.1, 0.15) is 45.2 Å². The van der Waals surface area contributed by atoms with E-state index in [9.17, 15) is 0 Å². The summed E-state index contributed by atoms with van der Waals surface area (Å²) in [5.41, 5.74) is 8.30. The number of piperazine rings is 1. The number of rotatable bonds is 2. The first-order chi connectivity index (χ1) is 9.49. The number of aromatic nitrogens is 2. The lowest BCUT2D eigenvalue weighted by Crippen LogP contribution is -2.55. The van der Waals surface area contributed by atoms with E-state index >= 15 is 0 Å². The van der Waals surface area contributed by atoms with Crippen LogP contribution in [0.15, 0.2) is 0 Å². The van der Waals surface area contributed by atoms with Gasteiger partial charge in [0, 0.05) is 32.2 Å². The number of nitrogens with zero attached hydrogens (tertiary/aromatic N) is 4. The highest BCUT2D eigenvalue weighted by Gasteiger charge is 2.36. The Balaban J connectivity index is 1.92. The van der Waals surface area contributed by atoms with Crippen LogP contribution in [0.3, 0.4) is 0 Å². The summed E-state index contributed by atoms with van der Waals surface area (Å²) in [7, 11) is 2.02. The summed E-state index contributed by atoms with van der Waals surface area (Å²) in [5.74, 6) is 1.49. The normalized spacial score (nSPS) is 27.4. The van der Waals surface area contributed by atoms with E-state index in [-0.39, 0.29) is 0 Å². The van der Waals surface area contributed by atoms with Gasteiger partial charge in [-0.15, -0.1) is 0 Å². The van der Waals surface area contributed by atoms with Crippen LogP contribution in [-0.4, -0.2) is 46.4 Å². The molecule has 0 aromatic carbocycles. The van der Waals surface area contributed by atoms with Gasteiger partial charge in [0.25, 0.3) is 0 Å². The number of nitrogens with two attached hydrogens (primary N) is 1. The standard InChI is InChI=1S/C15H27N5/c1-10(2)14-13(16)15(18(4)17-14)20-9-12-6-5-7-19(12)8-11(20)3/h10-12H,5-9,16H2,1-4H3. The van der Waals surface area contributed by atoms with Gasteiger partial charge in [-0.2, -0.15) is 5.10 Å². The molecule has 0 radical (unpaired) electrons. The summed E-state index contributed by atoms with van der Waals surface area (Å²) in [6.45, 7) is 10.1. The zero-order valence-corrected chi connectivity index (χ0v) is 13.1. The number of fused-ring (bicyclic) bond motifs is 1. The van der Waals surface area contributed by atoms with Crippen molar-refractivity contribution >= 4 is 11.5 Å². The zero-order chi connectivity index (χ0) is 14.4. The molecule has 0 saturated carbocycles. The molecular formula is C15H27N5. The van der Waals surface area contributed by atoms with E-state index in [0.717, 1.165) is 30.3 Å². The molecule has 1 aromatic heterocycles. The summed E-state index contributed by atoms with van der Waals surface area (Å²) < 4.78 is 1.98. The van der Waals surface area contributed by atoms with Crippen molar-refractivity contribution in [1.29, 1.82) is 0 Å². The molecule has 2 atom stereocenters. The molecule has 2 unspecified atom stereocenters. The number of hydrogen-bond acceptors (Lipinski definition) is 4. The van der Waals surface area contributed by atoms with Crippen LogP contribution in [0.5, 0.6) is 0 Å². The fourth-order valence-corrected chi connectivity index (χ4v) is 3.80. The van der Waals surface area contributed by atoms with Gasteiger partial charge in [-0.3, -0.25) is 9.58 Å². The molecule has 3 rings (SSSR count). The quantitative estimate of drug-likeness (QED) is 0.895. The second kappa shape index (κ2) is 4.95. The Hall–Kier alpha value is -1.23. The topological polar surface area (TPSA) is 50.3 Å². The van der Waals surface area contributed by atoms with Crippen LogP contribution < -0.4 is 10.6 Å². The molecule has 0 spiro atoms. The first-order valence-electron chi connectivity index (χ1n) is 7.82. The second-order valence-electron chi connectivity index (χ2n) is 6.69. The van der Waals surface area contributed by atoms with Gasteiger partial charge in [-0.25, -0.2) is 0 Å². The van der Waals surface area contributed by atoms with Crippen molar-refractivity contribution in [3.8, 4) is 0 Å². The van der Waals surface area contributed by atoms with Crippen LogP contribution in [0.25, 0.3) is 0 Å². The Morgan fingerprint density at radius 3 is 2.70 bits per heavy atom. The third-order valence-corrected chi connectivity index (χ3v) is 4.84. The summed E-state index contributed by atoms with van der Waals surface area (Å²) in [4.78, 5) is 5.11. The largest absolute Gasteiger partial charge is 0.394 e. The maximum atomic E-state index is 6.40. The van der Waals surface area contributed by atoms with Crippen LogP contribution in [0, 0.1) is 0 Å². The molecule has 2 saturated heterocycles. The van der Waals surface area contributed by atoms with Crippen LogP contribution in [0.2, 0.25) is 0 Å². The molecule has 2 aliphatic rings. The molecule has 1 aromatic rings. The Kier molecular flexibility index (Phi) is 3.40. The monoisotopic (exact) mass is 277 g/mol. The molecule has 2 N–H and O–H groups in total. The molecule has 0 amide bonds. The zero-order valence-electron chi connectivity index (χ0n) is 13.1. The lowest BCUT2D eigenvalue weighted by Gasteiger charge is -2.43. The van der Waals surface area contributed by atoms with Gasteiger partial charge in [-0.1, -0.05) is 13.8 Å². The van der Waals surface area contributed by atoms with Crippen LogP contribution in [0.4, 0.5) is 11.5 Å². The average Bonchev–Trinajstić information content (AvgIpc) is 2.93. The average molecular weight is 277 g/mol. The van der Waals surface area contributed by atoms with Gasteiger partial charge >= 0.3 is 0 Å². The third kappa shape index (κ3) is 2.08. The minimum Gasteiger partial charge on any atom is -0.394 e. The van der Waals surface area contributed by atoms with Gasteiger partial charge in [-0.05, 0) is 32.2 Å². The van der Waals surface area contributed by atoms with E-state index in [1.54, 1.807) is 0 Å². The molecule has 5 heteroatoms. The van der Waals surface area contributed by atoms with Crippen molar-refractivity contribution in [2.24, 2.45) is 7.05 Å². The van der Waals surface area contributed by atoms with E-state index in [2.05, 4.69) is 35.7 Å². The van der Waals surface area contributed by atoms with E-state index in [0.29, 0.717) is 18.0 Å². The van der Waals surface area contributed by atoms with Gasteiger partial charge in [0.05, 0.1) is 11.4 Å². The van der Waals surface area contributed by atoms with Crippen molar-refractivity contribution in [3.05, 3.63) is 5.69 Å². The van der Waals surface area contributed by atoms with Gasteiger partial charge in [0.2, 0.25) is 0 Å². The van der Waals surface area contributed by atoms with Gasteiger partial charge in [0.1, 0.15) is 0 Å². The highest BCUT2D eigenvalue weighted by Crippen LogP contribution is 2.35. The highest BCUT2D eigenvalue weighted by molar-refractivity contribution is 5.68. The predicted octanol–water partition coefficient (Wildman–Crippen LogP) is 1.80. The van der Waals surface area contributed by atoms with E-state index in [1.165, 1.54) is 19.4 Å². The van der Waals surface area contributed by atoms with Crippen molar-refractivity contribution in [1.82, 2.24) is 14.7 Å². The SMILES string of the molecule is CC(C)c1nn(C)c(N2CC3CCCN3CC2C)c1N. The maximum absolute atomic E-state index is 6.40. The number of nitrogen functional groups attached to an aromatic ring is 1. The molecule has 2 fully saturated rings. The Morgan fingerprint density at radius 2 is 2.05 bits per heavy atom. The van der Waals surface area contributed by atoms with E-state index in [1.807, 2.05) is 11.7 Å². The number of anilines is 2. The summed E-state index contributed by atoms with van der Waals surface area (Å²) in [6, 6.07) is 1.20. The Labute approximate surface area is 121 Å². The summed E-state index contributed by atoms with van der Waals surface area (Å²) >= 11 is 0. The fraction of sp³-hybridized carbons (Fsp3) is 0.800. The highest BCUT2D eigenvalue weighted by atomic mass is 15.4. The maximum Gasteiger partial charge on any atom is 0.150 e. The van der Waals surface area contributed by atoms with Crippen molar-refractivity contribution in [2.45, 2.75) is 51.6 Å². The molecule has 5 nitrogen and oxygen atoms in total. The molecule has 20 heavy (non-hydrogen) atoms. The smallest absolute Gasteiger partial charge is 0.150 e. The van der Waals surface area contributed by atoms with Crippen molar-refractivity contribution < 1.29 is 0 Å². The number of aryl methyl sites for hydroxylation is 1. The molecule has 2 aliphatic heterocycles. The predicted molar refractivity (Wildman–Crippen MR) is 83.1 cm³/mol. The Bertz CT molecular complexity index is 493. The fourth-order valence-electron chi connectivity index (χ4n) is 3.80. The third-order valence-electron chi connectivity index (χ3n) is 4.84. The molecule has 3 heterocycles. The first-order valence-corrected chi connectivity index (χ1v) is 7.82. The van der Waals surface area contributed by atoms with E-state index in [4.69, 9.17) is 5.73 Å². The van der Waals surface area contributed by atoms with Crippen LogP contribution in [-0.2, 0) is 7.05 Å². The molecular weight excluding hydrogens is 250 g/mol. The summed E-state index contributed by atoms with van der Waals surface area (Å²) in [6.07, 6.45) is 2.65. The minimum atomic E-state index is 0.373. The lowest BCUT2D eigenvalue weighted by atomic mass is 10.1. The lowest BCUT2D eigenvalue weighted by molar-refractivity contribution is 0.201. The number of hydrogen-bond donors (Lipinski definition) is 1. The molecule has 0 aliphatic carbocycles. The van der Waals surface area contributed by atoms with Crippen molar-refractivity contribution in [2.75, 3.05) is 30.3 Å². The minimum absolute atomic E-state index is 0.373.